The number of rotatable bonds is 5. The third-order valence-corrected chi connectivity index (χ3v) is 6.44. The molecule has 1 saturated heterocycles. The number of hydrogen-bond donors (Lipinski definition) is 1. The minimum Gasteiger partial charge on any atom is -0.353 e. The Bertz CT molecular complexity index is 932. The van der Waals surface area contributed by atoms with Gasteiger partial charge in [0.05, 0.1) is 5.92 Å². The first kappa shape index (κ1) is 21.7. The molecule has 1 aromatic heterocycles. The van der Waals surface area contributed by atoms with Crippen molar-refractivity contribution in [2.24, 2.45) is 5.73 Å². The van der Waals surface area contributed by atoms with E-state index in [1.165, 1.54) is 17.7 Å². The molecule has 0 bridgehead atoms. The number of carbonyl (C=O) groups excluding carboxylic acids is 1. The molecule has 7 heteroatoms. The van der Waals surface area contributed by atoms with E-state index in [0.717, 1.165) is 43.0 Å². The van der Waals surface area contributed by atoms with Gasteiger partial charge in [-0.05, 0) is 56.7 Å². The molecule has 1 amide bonds. The first-order valence-corrected chi connectivity index (χ1v) is 11.1. The Morgan fingerprint density at radius 3 is 2.52 bits per heavy atom. The molecule has 0 spiro atoms. The second-order valence-corrected chi connectivity index (χ2v) is 9.61. The summed E-state index contributed by atoms with van der Waals surface area (Å²) in [6.45, 7) is 8.83. The van der Waals surface area contributed by atoms with Crippen LogP contribution in [0.4, 0.5) is 10.2 Å². The fourth-order valence-electron chi connectivity index (χ4n) is 4.80. The smallest absolute Gasteiger partial charge is 0.230 e. The number of aryl methyl sites for hydroxylation is 1. The molecule has 0 unspecified atom stereocenters. The summed E-state index contributed by atoms with van der Waals surface area (Å²) in [6, 6.07) is 6.22. The van der Waals surface area contributed by atoms with Gasteiger partial charge in [-0.2, -0.15) is 0 Å². The number of nitrogens with zero attached hydrogens (tertiary/aromatic N) is 4. The molecular formula is C24H32FN5O. The zero-order valence-electron chi connectivity index (χ0n) is 18.6. The van der Waals surface area contributed by atoms with E-state index in [1.807, 2.05) is 18.7 Å². The minimum atomic E-state index is -0.506. The van der Waals surface area contributed by atoms with Gasteiger partial charge in [0.2, 0.25) is 5.91 Å². The van der Waals surface area contributed by atoms with Crippen LogP contribution in [-0.2, 0) is 11.2 Å². The monoisotopic (exact) mass is 425 g/mol. The lowest BCUT2D eigenvalue weighted by Gasteiger charge is -2.38. The van der Waals surface area contributed by atoms with Gasteiger partial charge in [-0.1, -0.05) is 19.1 Å². The highest BCUT2D eigenvalue weighted by Gasteiger charge is 2.33. The topological polar surface area (TPSA) is 75.4 Å². The minimum absolute atomic E-state index is 0.0612. The summed E-state index contributed by atoms with van der Waals surface area (Å²) in [4.78, 5) is 26.7. The molecule has 4 rings (SSSR count). The van der Waals surface area contributed by atoms with E-state index in [1.54, 1.807) is 18.5 Å². The van der Waals surface area contributed by atoms with Crippen molar-refractivity contribution in [1.82, 2.24) is 14.9 Å². The van der Waals surface area contributed by atoms with Gasteiger partial charge in [0, 0.05) is 43.0 Å². The first-order valence-electron chi connectivity index (χ1n) is 11.1. The molecule has 0 saturated carbocycles. The van der Waals surface area contributed by atoms with Crippen molar-refractivity contribution in [1.29, 1.82) is 0 Å². The molecule has 1 aliphatic heterocycles. The second-order valence-electron chi connectivity index (χ2n) is 9.61. The lowest BCUT2D eigenvalue weighted by molar-refractivity contribution is -0.133. The van der Waals surface area contributed by atoms with Crippen LogP contribution in [0.25, 0.3) is 0 Å². The molecule has 2 aromatic rings. The largest absolute Gasteiger partial charge is 0.353 e. The van der Waals surface area contributed by atoms with Gasteiger partial charge in [0.25, 0.3) is 0 Å². The van der Waals surface area contributed by atoms with E-state index in [9.17, 15) is 9.18 Å². The predicted octanol–water partition coefficient (Wildman–Crippen LogP) is 3.23. The van der Waals surface area contributed by atoms with E-state index in [2.05, 4.69) is 21.8 Å². The number of aromatic nitrogens is 2. The van der Waals surface area contributed by atoms with E-state index in [0.29, 0.717) is 25.4 Å². The summed E-state index contributed by atoms with van der Waals surface area (Å²) in [6.07, 6.45) is 4.30. The van der Waals surface area contributed by atoms with Crippen molar-refractivity contribution in [3.8, 4) is 0 Å². The second kappa shape index (κ2) is 8.54. The van der Waals surface area contributed by atoms with Gasteiger partial charge >= 0.3 is 0 Å². The fourth-order valence-corrected chi connectivity index (χ4v) is 4.80. The van der Waals surface area contributed by atoms with Gasteiger partial charge in [-0.3, -0.25) is 4.79 Å². The molecule has 2 aliphatic rings. The lowest BCUT2D eigenvalue weighted by Crippen LogP contribution is -2.51. The van der Waals surface area contributed by atoms with E-state index < -0.39 is 5.54 Å². The number of fused-ring (bicyclic) bond motifs is 1. The van der Waals surface area contributed by atoms with E-state index in [4.69, 9.17) is 5.73 Å². The summed E-state index contributed by atoms with van der Waals surface area (Å²) in [5.74, 6) is 0.879. The highest BCUT2D eigenvalue weighted by atomic mass is 19.1. The number of benzene rings is 1. The highest BCUT2D eigenvalue weighted by molar-refractivity contribution is 5.84. The zero-order valence-corrected chi connectivity index (χ0v) is 18.6. The Morgan fingerprint density at radius 1 is 1.19 bits per heavy atom. The maximum absolute atomic E-state index is 13.5. The number of anilines is 1. The number of amides is 1. The summed E-state index contributed by atoms with van der Waals surface area (Å²) in [5, 5.41) is 0. The molecule has 2 atom stereocenters. The van der Waals surface area contributed by atoms with Crippen LogP contribution in [0.1, 0.15) is 62.3 Å². The maximum atomic E-state index is 13.5. The number of carbonyl (C=O) groups is 1. The molecule has 6 nitrogen and oxygen atoms in total. The molecule has 1 aliphatic carbocycles. The summed E-state index contributed by atoms with van der Waals surface area (Å²) < 4.78 is 13.4. The average molecular weight is 426 g/mol. The quantitative estimate of drug-likeness (QED) is 0.796. The van der Waals surface area contributed by atoms with Gasteiger partial charge in [0.1, 0.15) is 18.0 Å². The lowest BCUT2D eigenvalue weighted by atomic mass is 9.85. The fraction of sp³-hybridized carbons (Fsp3) is 0.542. The summed E-state index contributed by atoms with van der Waals surface area (Å²) in [7, 11) is 0. The molecule has 1 aromatic carbocycles. The molecule has 2 heterocycles. The van der Waals surface area contributed by atoms with E-state index >= 15 is 0 Å². The van der Waals surface area contributed by atoms with Gasteiger partial charge in [-0.25, -0.2) is 14.4 Å². The molecular weight excluding hydrogens is 393 g/mol. The molecule has 1 fully saturated rings. The van der Waals surface area contributed by atoms with Crippen molar-refractivity contribution in [3.63, 3.8) is 0 Å². The molecule has 31 heavy (non-hydrogen) atoms. The van der Waals surface area contributed by atoms with Gasteiger partial charge < -0.3 is 15.5 Å². The van der Waals surface area contributed by atoms with Gasteiger partial charge in [0.15, 0.2) is 0 Å². The van der Waals surface area contributed by atoms with Crippen LogP contribution in [0.2, 0.25) is 0 Å². The van der Waals surface area contributed by atoms with Crippen molar-refractivity contribution >= 4 is 11.7 Å². The van der Waals surface area contributed by atoms with Crippen molar-refractivity contribution in [2.75, 3.05) is 31.1 Å². The molecule has 0 radical (unpaired) electrons. The van der Waals surface area contributed by atoms with Gasteiger partial charge in [-0.15, -0.1) is 0 Å². The van der Waals surface area contributed by atoms with Crippen molar-refractivity contribution in [3.05, 3.63) is 53.2 Å². The average Bonchev–Trinajstić information content (AvgIpc) is 3.13. The highest BCUT2D eigenvalue weighted by Crippen LogP contribution is 2.37. The Morgan fingerprint density at radius 2 is 1.87 bits per heavy atom. The molecule has 2 N–H and O–H groups in total. The Balaban J connectivity index is 1.49. The summed E-state index contributed by atoms with van der Waals surface area (Å²) >= 11 is 0. The number of nitrogens with two attached hydrogens (primary N) is 1. The Kier molecular flexibility index (Phi) is 5.97. The first-order chi connectivity index (χ1) is 14.7. The van der Waals surface area contributed by atoms with Crippen LogP contribution in [0, 0.1) is 5.82 Å². The standard InChI is InChI=1S/C24H32FN5O/c1-16-4-9-20-21(16)22(28-15-27-20)29-10-12-30(13-11-29)23(31)19(14-24(2,3)26)17-5-7-18(25)8-6-17/h5-8,15-16,19H,4,9-14,26H2,1-3H3/t16-,19+/m1/s1. The van der Waals surface area contributed by atoms with Crippen LogP contribution in [-0.4, -0.2) is 52.5 Å². The maximum Gasteiger partial charge on any atom is 0.230 e. The Labute approximate surface area is 183 Å². The predicted molar refractivity (Wildman–Crippen MR) is 120 cm³/mol. The van der Waals surface area contributed by atoms with Crippen molar-refractivity contribution in [2.45, 2.75) is 57.4 Å². The zero-order chi connectivity index (χ0) is 22.2. The SMILES string of the molecule is C[C@@H]1CCc2ncnc(N3CCN(C(=O)[C@@H](CC(C)(C)N)c4ccc(F)cc4)CC3)c21. The summed E-state index contributed by atoms with van der Waals surface area (Å²) in [5.41, 5.74) is 9.01. The molecule has 166 valence electrons. The third kappa shape index (κ3) is 4.71. The number of halogens is 1. The van der Waals surface area contributed by atoms with Crippen molar-refractivity contribution < 1.29 is 9.18 Å². The van der Waals surface area contributed by atoms with Crippen LogP contribution < -0.4 is 10.6 Å². The normalized spacial score (nSPS) is 20.0. The number of piperazine rings is 1. The van der Waals surface area contributed by atoms with Crippen LogP contribution in [0.15, 0.2) is 30.6 Å². The van der Waals surface area contributed by atoms with E-state index in [-0.39, 0.29) is 17.6 Å². The number of hydrogen-bond acceptors (Lipinski definition) is 5. The Hall–Kier alpha value is -2.54. The van der Waals surface area contributed by atoms with Crippen LogP contribution >= 0.6 is 0 Å². The van der Waals surface area contributed by atoms with Crippen LogP contribution in [0.3, 0.4) is 0 Å². The van der Waals surface area contributed by atoms with Crippen LogP contribution in [0.5, 0.6) is 0 Å². The third-order valence-electron chi connectivity index (χ3n) is 6.44.